The van der Waals surface area contributed by atoms with Crippen molar-refractivity contribution >= 4 is 29.3 Å². The molecule has 3 aromatic carbocycles. The van der Waals surface area contributed by atoms with Crippen LogP contribution in [0.1, 0.15) is 27.0 Å². The molecule has 1 atom stereocenters. The Bertz CT molecular complexity index is 1190. The van der Waals surface area contributed by atoms with Crippen LogP contribution in [0.25, 0.3) is 0 Å². The third-order valence-corrected chi connectivity index (χ3v) is 7.53. The maximum atomic E-state index is 14.0. The molecule has 2 aliphatic rings. The van der Waals surface area contributed by atoms with Gasteiger partial charge in [0.25, 0.3) is 11.8 Å². The summed E-state index contributed by atoms with van der Waals surface area (Å²) in [6, 6.07) is 23.1. The Morgan fingerprint density at radius 2 is 1.84 bits per heavy atom. The highest BCUT2D eigenvalue weighted by Gasteiger charge is 2.59. The highest BCUT2D eigenvalue weighted by Crippen LogP contribution is 2.54. The van der Waals surface area contributed by atoms with Gasteiger partial charge in [-0.2, -0.15) is 0 Å². The molecule has 2 amide bonds. The minimum absolute atomic E-state index is 0.0513. The van der Waals surface area contributed by atoms with Crippen molar-refractivity contribution in [2.75, 3.05) is 24.3 Å². The Kier molecular flexibility index (Phi) is 5.18. The van der Waals surface area contributed by atoms with Crippen LogP contribution in [-0.2, 0) is 16.2 Å². The number of nitrogens with zero attached hydrogens (tertiary/aromatic N) is 2. The fourth-order valence-electron chi connectivity index (χ4n) is 4.61. The summed E-state index contributed by atoms with van der Waals surface area (Å²) in [7, 11) is 1.60. The molecule has 3 aromatic rings. The average Bonchev–Trinajstić information content (AvgIpc) is 3.36. The molecule has 5 rings (SSSR count). The number of methoxy groups -OCH3 is 1. The summed E-state index contributed by atoms with van der Waals surface area (Å²) in [6.07, 6.45) is 0. The molecule has 1 saturated heterocycles. The summed E-state index contributed by atoms with van der Waals surface area (Å²) in [6.45, 7) is 3.05. The van der Waals surface area contributed by atoms with Gasteiger partial charge in [0.1, 0.15) is 5.75 Å². The monoisotopic (exact) mass is 444 g/mol. The Morgan fingerprint density at radius 1 is 1.06 bits per heavy atom. The maximum absolute atomic E-state index is 14.0. The number of ether oxygens (including phenoxy) is 1. The van der Waals surface area contributed by atoms with Crippen LogP contribution in [0.4, 0.5) is 5.69 Å². The molecular formula is C26H24N2O3S. The quantitative estimate of drug-likeness (QED) is 0.591. The molecule has 162 valence electrons. The van der Waals surface area contributed by atoms with E-state index in [9.17, 15) is 9.59 Å². The Labute approximate surface area is 192 Å². The van der Waals surface area contributed by atoms with Gasteiger partial charge in [0, 0.05) is 23.4 Å². The van der Waals surface area contributed by atoms with Crippen molar-refractivity contribution in [3.63, 3.8) is 0 Å². The number of aryl methyl sites for hydroxylation is 1. The number of hydrogen-bond donors (Lipinski definition) is 0. The molecule has 32 heavy (non-hydrogen) atoms. The third-order valence-electron chi connectivity index (χ3n) is 6.11. The van der Waals surface area contributed by atoms with E-state index in [0.717, 1.165) is 22.4 Å². The summed E-state index contributed by atoms with van der Waals surface area (Å²) in [5, 5.41) is 0. The van der Waals surface area contributed by atoms with E-state index in [0.29, 0.717) is 30.2 Å². The Hall–Kier alpha value is -3.25. The lowest BCUT2D eigenvalue weighted by atomic mass is 10.0. The molecule has 1 fully saturated rings. The molecule has 0 saturated carbocycles. The lowest BCUT2D eigenvalue weighted by Crippen LogP contribution is -2.50. The van der Waals surface area contributed by atoms with Gasteiger partial charge >= 0.3 is 0 Å². The number of hydrogen-bond acceptors (Lipinski definition) is 4. The van der Waals surface area contributed by atoms with Gasteiger partial charge in [-0.1, -0.05) is 48.0 Å². The standard InChI is InChI=1S/C26H24N2O3S/c1-18-6-5-7-19(16-18)17-27-23-9-4-3-8-22(23)26(25(27)30)28(14-15-32-26)24(29)20-10-12-21(31-2)13-11-20/h3-13,16H,14-15,17H2,1-2H3/t26-/m1/s1. The predicted octanol–water partition coefficient (Wildman–Crippen LogP) is 4.59. The molecule has 0 aliphatic carbocycles. The fourth-order valence-corrected chi connectivity index (χ4v) is 6.07. The van der Waals surface area contributed by atoms with Crippen LogP contribution in [0.2, 0.25) is 0 Å². The van der Waals surface area contributed by atoms with Gasteiger partial charge in [-0.05, 0) is 42.8 Å². The van der Waals surface area contributed by atoms with Crippen molar-refractivity contribution in [1.82, 2.24) is 4.90 Å². The molecule has 2 aliphatic heterocycles. The van der Waals surface area contributed by atoms with E-state index in [1.165, 1.54) is 0 Å². The SMILES string of the molecule is COc1ccc(C(=O)N2CCS[C@]23C(=O)N(Cc2cccc(C)c2)c2ccccc23)cc1. The molecule has 0 aromatic heterocycles. The molecule has 0 N–H and O–H groups in total. The highest BCUT2D eigenvalue weighted by atomic mass is 32.2. The molecule has 5 nitrogen and oxygen atoms in total. The molecule has 0 unspecified atom stereocenters. The lowest BCUT2D eigenvalue weighted by Gasteiger charge is -2.33. The van der Waals surface area contributed by atoms with E-state index in [4.69, 9.17) is 4.74 Å². The minimum Gasteiger partial charge on any atom is -0.497 e. The first-order valence-electron chi connectivity index (χ1n) is 10.6. The second-order valence-corrected chi connectivity index (χ2v) is 9.36. The lowest BCUT2D eigenvalue weighted by molar-refractivity contribution is -0.123. The van der Waals surface area contributed by atoms with Crippen LogP contribution in [0.3, 0.4) is 0 Å². The van der Waals surface area contributed by atoms with Crippen molar-refractivity contribution in [3.8, 4) is 5.75 Å². The van der Waals surface area contributed by atoms with E-state index in [-0.39, 0.29) is 11.8 Å². The molecule has 0 bridgehead atoms. The number of rotatable bonds is 4. The fraction of sp³-hybridized carbons (Fsp3) is 0.231. The van der Waals surface area contributed by atoms with Gasteiger partial charge < -0.3 is 14.5 Å². The van der Waals surface area contributed by atoms with E-state index in [2.05, 4.69) is 6.07 Å². The summed E-state index contributed by atoms with van der Waals surface area (Å²) < 4.78 is 5.22. The van der Waals surface area contributed by atoms with Crippen molar-refractivity contribution in [2.45, 2.75) is 18.3 Å². The van der Waals surface area contributed by atoms with Crippen LogP contribution >= 0.6 is 11.8 Å². The zero-order valence-corrected chi connectivity index (χ0v) is 18.9. The molecular weight excluding hydrogens is 420 g/mol. The highest BCUT2D eigenvalue weighted by molar-refractivity contribution is 8.01. The Morgan fingerprint density at radius 3 is 2.59 bits per heavy atom. The number of anilines is 1. The molecule has 2 heterocycles. The van der Waals surface area contributed by atoms with Gasteiger partial charge in [0.15, 0.2) is 4.87 Å². The first-order valence-corrected chi connectivity index (χ1v) is 11.6. The summed E-state index contributed by atoms with van der Waals surface area (Å²) in [5.41, 5.74) is 4.54. The Balaban J connectivity index is 1.55. The number of carbonyl (C=O) groups is 2. The number of benzene rings is 3. The second-order valence-electron chi connectivity index (χ2n) is 8.08. The van der Waals surface area contributed by atoms with E-state index >= 15 is 0 Å². The van der Waals surface area contributed by atoms with Crippen molar-refractivity contribution in [3.05, 3.63) is 95.1 Å². The van der Waals surface area contributed by atoms with Crippen molar-refractivity contribution < 1.29 is 14.3 Å². The van der Waals surface area contributed by atoms with Crippen LogP contribution in [0, 0.1) is 6.92 Å². The number of thioether (sulfide) groups is 1. The number of carbonyl (C=O) groups excluding carboxylic acids is 2. The second kappa shape index (κ2) is 8.02. The first-order chi connectivity index (χ1) is 15.5. The summed E-state index contributed by atoms with van der Waals surface area (Å²) in [4.78, 5) is 30.1. The average molecular weight is 445 g/mol. The van der Waals surface area contributed by atoms with Gasteiger partial charge in [-0.25, -0.2) is 0 Å². The topological polar surface area (TPSA) is 49.9 Å². The van der Waals surface area contributed by atoms with Crippen LogP contribution in [-0.4, -0.2) is 36.1 Å². The predicted molar refractivity (Wildman–Crippen MR) is 127 cm³/mol. The van der Waals surface area contributed by atoms with Crippen molar-refractivity contribution in [1.29, 1.82) is 0 Å². The number of amides is 2. The summed E-state index contributed by atoms with van der Waals surface area (Å²) in [5.74, 6) is 1.21. The van der Waals surface area contributed by atoms with Crippen molar-refractivity contribution in [2.24, 2.45) is 0 Å². The molecule has 0 radical (unpaired) electrons. The minimum atomic E-state index is -1.03. The third kappa shape index (κ3) is 3.17. The zero-order chi connectivity index (χ0) is 22.3. The van der Waals surface area contributed by atoms with E-state index in [1.807, 2.05) is 54.3 Å². The van der Waals surface area contributed by atoms with Gasteiger partial charge in [0.05, 0.1) is 19.3 Å². The number of para-hydroxylation sites is 1. The van der Waals surface area contributed by atoms with Gasteiger partial charge in [-0.3, -0.25) is 9.59 Å². The molecule has 6 heteroatoms. The maximum Gasteiger partial charge on any atom is 0.268 e. The van der Waals surface area contributed by atoms with Crippen LogP contribution in [0.5, 0.6) is 5.75 Å². The van der Waals surface area contributed by atoms with Gasteiger partial charge in [0.2, 0.25) is 0 Å². The first kappa shape index (κ1) is 20.6. The van der Waals surface area contributed by atoms with Crippen LogP contribution < -0.4 is 9.64 Å². The van der Waals surface area contributed by atoms with E-state index < -0.39 is 4.87 Å². The summed E-state index contributed by atoms with van der Waals surface area (Å²) >= 11 is 1.55. The van der Waals surface area contributed by atoms with Crippen LogP contribution in [0.15, 0.2) is 72.8 Å². The van der Waals surface area contributed by atoms with E-state index in [1.54, 1.807) is 48.0 Å². The number of fused-ring (bicyclic) bond motifs is 2. The van der Waals surface area contributed by atoms with Gasteiger partial charge in [-0.15, -0.1) is 11.8 Å². The normalized spacial score (nSPS) is 19.5. The zero-order valence-electron chi connectivity index (χ0n) is 18.1. The molecule has 1 spiro atoms. The largest absolute Gasteiger partial charge is 0.497 e. The smallest absolute Gasteiger partial charge is 0.268 e.